The molecule has 0 spiro atoms. The monoisotopic (exact) mass is 528 g/mol. The van der Waals surface area contributed by atoms with Crippen LogP contribution in [0.25, 0.3) is 0 Å². The molecule has 0 heterocycles. The highest BCUT2D eigenvalue weighted by Gasteiger charge is 2.28. The smallest absolute Gasteiger partial charge is 0.242 e. The lowest BCUT2D eigenvalue weighted by molar-refractivity contribution is -0.141. The number of benzene rings is 2. The fraction of sp³-hybridized carbons (Fsp3) is 0.440. The highest BCUT2D eigenvalue weighted by Crippen LogP contribution is 2.25. The molecule has 0 aliphatic heterocycles. The van der Waals surface area contributed by atoms with E-state index < -0.39 is 6.04 Å². The normalized spacial score (nSPS) is 11.8. The largest absolute Gasteiger partial charge is 0.354 e. The molecule has 2 amide bonds. The second-order valence-electron chi connectivity index (χ2n) is 7.73. The van der Waals surface area contributed by atoms with Crippen molar-refractivity contribution in [2.24, 2.45) is 0 Å². The summed E-state index contributed by atoms with van der Waals surface area (Å²) in [5, 5.41) is 4.69. The number of carbonyl (C=O) groups is 2. The zero-order chi connectivity index (χ0) is 24.2. The van der Waals surface area contributed by atoms with Crippen molar-refractivity contribution in [2.45, 2.75) is 63.4 Å². The molecule has 0 aliphatic carbocycles. The highest BCUT2D eigenvalue weighted by atomic mass is 35.5. The van der Waals surface area contributed by atoms with Crippen LogP contribution in [0.5, 0.6) is 0 Å². The summed E-state index contributed by atoms with van der Waals surface area (Å²) >= 11 is 20.0. The number of rotatable bonds is 13. The summed E-state index contributed by atoms with van der Waals surface area (Å²) in [6.45, 7) is 4.86. The number of unbranched alkanes of at least 4 members (excludes halogenated alkanes) is 1. The fourth-order valence-corrected chi connectivity index (χ4v) is 4.79. The van der Waals surface area contributed by atoms with Gasteiger partial charge in [-0.1, -0.05) is 61.1 Å². The maximum absolute atomic E-state index is 13.3. The molecule has 0 bridgehead atoms. The second-order valence-corrected chi connectivity index (χ2v) is 10.2. The first-order valence-electron chi connectivity index (χ1n) is 11.2. The van der Waals surface area contributed by atoms with Crippen molar-refractivity contribution in [3.8, 4) is 0 Å². The van der Waals surface area contributed by atoms with Gasteiger partial charge in [0.1, 0.15) is 6.04 Å². The molecular weight excluding hydrogens is 499 g/mol. The van der Waals surface area contributed by atoms with Gasteiger partial charge < -0.3 is 10.2 Å². The average Bonchev–Trinajstić information content (AvgIpc) is 2.79. The SMILES string of the molecule is CCCCNC(=O)[C@H](CC)N(Cc1ccc(Cl)cc1Cl)C(=O)CCCSc1ccc(Cl)cc1. The van der Waals surface area contributed by atoms with Crippen LogP contribution in [0.4, 0.5) is 0 Å². The molecule has 0 aliphatic rings. The number of hydrogen-bond donors (Lipinski definition) is 1. The minimum Gasteiger partial charge on any atom is -0.354 e. The Kier molecular flexibility index (Phi) is 12.5. The number of amides is 2. The van der Waals surface area contributed by atoms with E-state index in [1.54, 1.807) is 28.8 Å². The third kappa shape index (κ3) is 9.40. The number of hydrogen-bond acceptors (Lipinski definition) is 3. The van der Waals surface area contributed by atoms with Gasteiger partial charge in [-0.2, -0.15) is 0 Å². The summed E-state index contributed by atoms with van der Waals surface area (Å²) in [4.78, 5) is 28.9. The Morgan fingerprint density at radius 3 is 2.33 bits per heavy atom. The van der Waals surface area contributed by atoms with Gasteiger partial charge in [-0.15, -0.1) is 11.8 Å². The van der Waals surface area contributed by atoms with Crippen molar-refractivity contribution in [1.82, 2.24) is 10.2 Å². The Morgan fingerprint density at radius 2 is 1.70 bits per heavy atom. The average molecular weight is 530 g/mol. The standard InChI is InChI=1S/C25H31Cl3N2O2S/c1-3-5-14-29-25(32)23(4-2)30(17-18-8-9-20(27)16-22(18)28)24(31)7-6-15-33-21-12-10-19(26)11-13-21/h8-13,16,23H,3-7,14-15,17H2,1-2H3,(H,29,32)/t23-/m0/s1. The van der Waals surface area contributed by atoms with Crippen LogP contribution in [0, 0.1) is 0 Å². The van der Waals surface area contributed by atoms with E-state index in [1.165, 1.54) is 0 Å². The van der Waals surface area contributed by atoms with Crippen LogP contribution in [0.3, 0.4) is 0 Å². The van der Waals surface area contributed by atoms with Crippen molar-refractivity contribution in [3.05, 3.63) is 63.1 Å². The zero-order valence-corrected chi connectivity index (χ0v) is 22.2. The third-order valence-electron chi connectivity index (χ3n) is 5.19. The molecule has 0 fully saturated rings. The van der Waals surface area contributed by atoms with Crippen molar-refractivity contribution >= 4 is 58.4 Å². The number of nitrogens with zero attached hydrogens (tertiary/aromatic N) is 1. The van der Waals surface area contributed by atoms with E-state index in [0.29, 0.717) is 40.9 Å². The van der Waals surface area contributed by atoms with E-state index in [2.05, 4.69) is 12.2 Å². The quantitative estimate of drug-likeness (QED) is 0.220. The Labute approximate surface area is 216 Å². The lowest BCUT2D eigenvalue weighted by atomic mass is 10.1. The molecule has 2 aromatic carbocycles. The zero-order valence-electron chi connectivity index (χ0n) is 19.1. The molecule has 0 radical (unpaired) electrons. The Balaban J connectivity index is 2.07. The summed E-state index contributed by atoms with van der Waals surface area (Å²) < 4.78 is 0. The number of halogens is 3. The third-order valence-corrected chi connectivity index (χ3v) is 7.13. The van der Waals surface area contributed by atoms with Gasteiger partial charge in [0.15, 0.2) is 0 Å². The van der Waals surface area contributed by atoms with Crippen LogP contribution in [0.2, 0.25) is 15.1 Å². The molecule has 2 aromatic rings. The van der Waals surface area contributed by atoms with Crippen LogP contribution in [0.15, 0.2) is 47.4 Å². The summed E-state index contributed by atoms with van der Waals surface area (Å²) in [6.07, 6.45) is 3.47. The molecule has 0 saturated carbocycles. The van der Waals surface area contributed by atoms with E-state index in [0.717, 1.165) is 29.1 Å². The maximum atomic E-state index is 13.3. The van der Waals surface area contributed by atoms with Crippen LogP contribution in [-0.4, -0.2) is 35.1 Å². The van der Waals surface area contributed by atoms with E-state index in [4.69, 9.17) is 34.8 Å². The summed E-state index contributed by atoms with van der Waals surface area (Å²) in [7, 11) is 0. The minimum absolute atomic E-state index is 0.0600. The van der Waals surface area contributed by atoms with Crippen LogP contribution >= 0.6 is 46.6 Å². The summed E-state index contributed by atoms with van der Waals surface area (Å²) in [5.41, 5.74) is 0.768. The van der Waals surface area contributed by atoms with Crippen molar-refractivity contribution in [3.63, 3.8) is 0 Å². The van der Waals surface area contributed by atoms with Crippen LogP contribution < -0.4 is 5.32 Å². The Morgan fingerprint density at radius 1 is 1.00 bits per heavy atom. The van der Waals surface area contributed by atoms with E-state index in [1.807, 2.05) is 37.3 Å². The summed E-state index contributed by atoms with van der Waals surface area (Å²) in [6, 6.07) is 12.3. The number of carbonyl (C=O) groups excluding carboxylic acids is 2. The first-order valence-corrected chi connectivity index (χ1v) is 13.4. The molecule has 8 heteroatoms. The molecule has 1 atom stereocenters. The second kappa shape index (κ2) is 14.8. The van der Waals surface area contributed by atoms with Gasteiger partial charge in [0.05, 0.1) is 0 Å². The Hall–Kier alpha value is -1.40. The first kappa shape index (κ1) is 27.8. The van der Waals surface area contributed by atoms with Crippen molar-refractivity contribution in [1.29, 1.82) is 0 Å². The predicted octanol–water partition coefficient (Wildman–Crippen LogP) is 7.24. The molecule has 180 valence electrons. The van der Waals surface area contributed by atoms with Crippen molar-refractivity contribution < 1.29 is 9.59 Å². The molecule has 33 heavy (non-hydrogen) atoms. The van der Waals surface area contributed by atoms with Crippen molar-refractivity contribution in [2.75, 3.05) is 12.3 Å². The maximum Gasteiger partial charge on any atom is 0.242 e. The first-order chi connectivity index (χ1) is 15.8. The fourth-order valence-electron chi connectivity index (χ4n) is 3.35. The molecule has 0 unspecified atom stereocenters. The topological polar surface area (TPSA) is 49.4 Å². The molecule has 0 aromatic heterocycles. The Bertz CT molecular complexity index is 909. The lowest BCUT2D eigenvalue weighted by Gasteiger charge is -2.31. The van der Waals surface area contributed by atoms with E-state index in [-0.39, 0.29) is 18.4 Å². The molecular formula is C25H31Cl3N2O2S. The minimum atomic E-state index is -0.551. The lowest BCUT2D eigenvalue weighted by Crippen LogP contribution is -2.49. The molecule has 0 saturated heterocycles. The van der Waals surface area contributed by atoms with Crippen LogP contribution in [-0.2, 0) is 16.1 Å². The highest BCUT2D eigenvalue weighted by molar-refractivity contribution is 7.99. The number of thioether (sulfide) groups is 1. The number of nitrogens with one attached hydrogen (secondary N) is 1. The van der Waals surface area contributed by atoms with E-state index in [9.17, 15) is 9.59 Å². The van der Waals surface area contributed by atoms with Gasteiger partial charge in [-0.3, -0.25) is 9.59 Å². The van der Waals surface area contributed by atoms with Gasteiger partial charge in [-0.25, -0.2) is 0 Å². The molecule has 4 nitrogen and oxygen atoms in total. The van der Waals surface area contributed by atoms with Gasteiger partial charge in [0, 0.05) is 39.5 Å². The van der Waals surface area contributed by atoms with Gasteiger partial charge in [0.25, 0.3) is 0 Å². The summed E-state index contributed by atoms with van der Waals surface area (Å²) in [5.74, 6) is 0.609. The van der Waals surface area contributed by atoms with E-state index >= 15 is 0 Å². The van der Waals surface area contributed by atoms with Crippen LogP contribution in [0.1, 0.15) is 51.5 Å². The van der Waals surface area contributed by atoms with Gasteiger partial charge in [-0.05, 0) is 67.0 Å². The molecule has 2 rings (SSSR count). The van der Waals surface area contributed by atoms with Gasteiger partial charge >= 0.3 is 0 Å². The predicted molar refractivity (Wildman–Crippen MR) is 140 cm³/mol. The molecule has 1 N–H and O–H groups in total. The van der Waals surface area contributed by atoms with Gasteiger partial charge in [0.2, 0.25) is 11.8 Å².